The van der Waals surface area contributed by atoms with Crippen molar-refractivity contribution in [1.29, 1.82) is 0 Å². The van der Waals surface area contributed by atoms with Crippen molar-refractivity contribution in [2.75, 3.05) is 17.7 Å². The summed E-state index contributed by atoms with van der Waals surface area (Å²) in [7, 11) is 4.00. The van der Waals surface area contributed by atoms with E-state index < -0.39 is 0 Å². The molecule has 1 heterocycles. The number of hydrogen-bond donors (Lipinski definition) is 2. The van der Waals surface area contributed by atoms with Gasteiger partial charge < -0.3 is 17.7 Å². The topological polar surface area (TPSA) is 27.9 Å². The van der Waals surface area contributed by atoms with Gasteiger partial charge in [0, 0.05) is 11.8 Å². The summed E-state index contributed by atoms with van der Waals surface area (Å²) in [6.07, 6.45) is 1.07. The van der Waals surface area contributed by atoms with Gasteiger partial charge in [-0.1, -0.05) is 19.1 Å². The summed E-state index contributed by atoms with van der Waals surface area (Å²) in [5.74, 6) is 1.10. The third-order valence-corrected chi connectivity index (χ3v) is 3.56. The lowest BCUT2D eigenvalue weighted by Crippen LogP contribution is -3.00. The minimum absolute atomic E-state index is 0. The average molecular weight is 292 g/mol. The highest BCUT2D eigenvalue weighted by Crippen LogP contribution is 2.20. The van der Waals surface area contributed by atoms with E-state index in [9.17, 15) is 0 Å². The Labute approximate surface area is 127 Å². The molecule has 20 heavy (non-hydrogen) atoms. The SMILES string of the molecule is CCc1ccc(Nc2ccc(NC)[n+](C)c2C)cc1.[Cl-]. The Bertz CT molecular complexity index is 565. The molecule has 108 valence electrons. The molecule has 0 saturated carbocycles. The van der Waals surface area contributed by atoms with Crippen LogP contribution in [-0.2, 0) is 13.5 Å². The van der Waals surface area contributed by atoms with Crippen LogP contribution in [0.25, 0.3) is 0 Å². The van der Waals surface area contributed by atoms with Crippen LogP contribution in [0, 0.1) is 6.92 Å². The van der Waals surface area contributed by atoms with Crippen molar-refractivity contribution in [3.63, 3.8) is 0 Å². The van der Waals surface area contributed by atoms with Crippen LogP contribution >= 0.6 is 0 Å². The molecular weight excluding hydrogens is 270 g/mol. The first-order valence-corrected chi connectivity index (χ1v) is 6.69. The molecule has 0 saturated heterocycles. The van der Waals surface area contributed by atoms with Crippen LogP contribution in [0.5, 0.6) is 0 Å². The zero-order valence-corrected chi connectivity index (χ0v) is 13.3. The smallest absolute Gasteiger partial charge is 0.274 e. The Morgan fingerprint density at radius 3 is 2.25 bits per heavy atom. The van der Waals surface area contributed by atoms with Gasteiger partial charge in [0.05, 0.1) is 19.8 Å². The quantitative estimate of drug-likeness (QED) is 0.786. The van der Waals surface area contributed by atoms with Crippen LogP contribution in [0.3, 0.4) is 0 Å². The first-order chi connectivity index (χ1) is 9.15. The number of halogens is 1. The molecule has 0 aliphatic carbocycles. The highest BCUT2D eigenvalue weighted by atomic mass is 35.5. The predicted molar refractivity (Wildman–Crippen MR) is 81.0 cm³/mol. The summed E-state index contributed by atoms with van der Waals surface area (Å²) in [5, 5.41) is 6.64. The molecule has 0 radical (unpaired) electrons. The van der Waals surface area contributed by atoms with Gasteiger partial charge in [0.15, 0.2) is 0 Å². The van der Waals surface area contributed by atoms with Gasteiger partial charge in [0.1, 0.15) is 5.69 Å². The molecule has 0 amide bonds. The van der Waals surface area contributed by atoms with Gasteiger partial charge in [0.2, 0.25) is 0 Å². The summed E-state index contributed by atoms with van der Waals surface area (Å²) in [6, 6.07) is 12.8. The molecule has 0 spiro atoms. The number of hydrogen-bond acceptors (Lipinski definition) is 2. The van der Waals surface area contributed by atoms with Crippen LogP contribution in [0.1, 0.15) is 18.2 Å². The molecule has 0 unspecified atom stereocenters. The molecule has 4 heteroatoms. The van der Waals surface area contributed by atoms with Gasteiger partial charge in [-0.05, 0) is 37.1 Å². The lowest BCUT2D eigenvalue weighted by molar-refractivity contribution is -0.662. The molecule has 0 fully saturated rings. The predicted octanol–water partition coefficient (Wildman–Crippen LogP) is 0.171. The van der Waals surface area contributed by atoms with Crippen molar-refractivity contribution in [1.82, 2.24) is 0 Å². The van der Waals surface area contributed by atoms with Crippen LogP contribution in [0.15, 0.2) is 36.4 Å². The highest BCUT2D eigenvalue weighted by Gasteiger charge is 2.10. The van der Waals surface area contributed by atoms with Crippen molar-refractivity contribution in [2.24, 2.45) is 7.05 Å². The standard InChI is InChI=1S/C16H21N3.ClH/c1-5-13-6-8-14(9-7-13)18-15-10-11-16(17-3)19(4)12(15)2;/h6-11,18H,5H2,1-4H3;1H. The molecule has 3 nitrogen and oxygen atoms in total. The summed E-state index contributed by atoms with van der Waals surface area (Å²) >= 11 is 0. The number of nitrogens with zero attached hydrogens (tertiary/aromatic N) is 1. The van der Waals surface area contributed by atoms with Crippen molar-refractivity contribution in [2.45, 2.75) is 20.3 Å². The Morgan fingerprint density at radius 1 is 1.05 bits per heavy atom. The Morgan fingerprint density at radius 2 is 1.70 bits per heavy atom. The van der Waals surface area contributed by atoms with Crippen molar-refractivity contribution in [3.8, 4) is 0 Å². The van der Waals surface area contributed by atoms with Gasteiger partial charge in [-0.25, -0.2) is 4.57 Å². The third kappa shape index (κ3) is 3.42. The summed E-state index contributed by atoms with van der Waals surface area (Å²) in [5.41, 5.74) is 4.81. The lowest BCUT2D eigenvalue weighted by atomic mass is 10.1. The van der Waals surface area contributed by atoms with Crippen molar-refractivity contribution >= 4 is 17.2 Å². The molecule has 2 N–H and O–H groups in total. The highest BCUT2D eigenvalue weighted by molar-refractivity contribution is 5.61. The maximum absolute atomic E-state index is 3.47. The van der Waals surface area contributed by atoms with Gasteiger partial charge in [0.25, 0.3) is 5.82 Å². The van der Waals surface area contributed by atoms with E-state index in [1.807, 2.05) is 7.05 Å². The molecule has 2 rings (SSSR count). The number of rotatable bonds is 4. The molecule has 1 aromatic carbocycles. The van der Waals surface area contributed by atoms with E-state index in [0.29, 0.717) is 0 Å². The number of pyridine rings is 1. The number of aryl methyl sites for hydroxylation is 1. The zero-order valence-electron chi connectivity index (χ0n) is 12.5. The van der Waals surface area contributed by atoms with E-state index in [0.717, 1.165) is 23.6 Å². The fraction of sp³-hybridized carbons (Fsp3) is 0.312. The second-order valence-electron chi connectivity index (χ2n) is 4.70. The summed E-state index contributed by atoms with van der Waals surface area (Å²) in [4.78, 5) is 0. The summed E-state index contributed by atoms with van der Waals surface area (Å²) in [6.45, 7) is 4.28. The van der Waals surface area contributed by atoms with E-state index in [2.05, 4.69) is 72.5 Å². The number of nitrogens with one attached hydrogen (secondary N) is 2. The van der Waals surface area contributed by atoms with Gasteiger partial charge in [-0.2, -0.15) is 0 Å². The Balaban J connectivity index is 0.00000200. The minimum atomic E-state index is 0. The Hall–Kier alpha value is -1.74. The lowest BCUT2D eigenvalue weighted by Gasteiger charge is -2.12. The van der Waals surface area contributed by atoms with Crippen LogP contribution < -0.4 is 27.6 Å². The third-order valence-electron chi connectivity index (χ3n) is 3.56. The second kappa shape index (κ2) is 7.15. The number of aromatic nitrogens is 1. The second-order valence-corrected chi connectivity index (χ2v) is 4.70. The number of anilines is 3. The number of benzene rings is 1. The average Bonchev–Trinajstić information content (AvgIpc) is 2.45. The van der Waals surface area contributed by atoms with Gasteiger partial charge in [-0.15, -0.1) is 0 Å². The molecule has 2 aromatic rings. The van der Waals surface area contributed by atoms with E-state index >= 15 is 0 Å². The largest absolute Gasteiger partial charge is 1.00 e. The minimum Gasteiger partial charge on any atom is -1.00 e. The van der Waals surface area contributed by atoms with E-state index in [1.54, 1.807) is 0 Å². The maximum Gasteiger partial charge on any atom is 0.274 e. The molecule has 0 atom stereocenters. The fourth-order valence-corrected chi connectivity index (χ4v) is 2.12. The van der Waals surface area contributed by atoms with E-state index in [1.165, 1.54) is 11.3 Å². The first kappa shape index (κ1) is 16.3. The monoisotopic (exact) mass is 291 g/mol. The van der Waals surface area contributed by atoms with Crippen molar-refractivity contribution < 1.29 is 17.0 Å². The van der Waals surface area contributed by atoms with Crippen molar-refractivity contribution in [3.05, 3.63) is 47.7 Å². The van der Waals surface area contributed by atoms with Gasteiger partial charge >= 0.3 is 0 Å². The molecular formula is C16H22ClN3. The zero-order chi connectivity index (χ0) is 13.8. The van der Waals surface area contributed by atoms with E-state index in [-0.39, 0.29) is 12.4 Å². The van der Waals surface area contributed by atoms with Crippen LogP contribution in [0.2, 0.25) is 0 Å². The fourth-order valence-electron chi connectivity index (χ4n) is 2.12. The Kier molecular flexibility index (Phi) is 5.83. The maximum atomic E-state index is 3.47. The normalized spacial score (nSPS) is 9.80. The van der Waals surface area contributed by atoms with E-state index in [4.69, 9.17) is 0 Å². The van der Waals surface area contributed by atoms with Crippen LogP contribution in [-0.4, -0.2) is 7.05 Å². The van der Waals surface area contributed by atoms with Gasteiger partial charge in [-0.3, -0.25) is 5.32 Å². The summed E-state index contributed by atoms with van der Waals surface area (Å²) < 4.78 is 2.14. The molecule has 0 bridgehead atoms. The molecule has 1 aromatic heterocycles. The van der Waals surface area contributed by atoms with Crippen LogP contribution in [0.4, 0.5) is 17.2 Å². The first-order valence-electron chi connectivity index (χ1n) is 6.69. The molecule has 0 aliphatic heterocycles. The molecule has 0 aliphatic rings.